The number of fused-ring (bicyclic) bond motifs is 1. The van der Waals surface area contributed by atoms with Crippen molar-refractivity contribution in [1.82, 2.24) is 14.7 Å². The van der Waals surface area contributed by atoms with Crippen LogP contribution in [0.4, 0.5) is 0 Å². The molecule has 72 valence electrons. The molecule has 1 aliphatic rings. The number of hydrogen-bond acceptors (Lipinski definition) is 3. The van der Waals surface area contributed by atoms with E-state index in [9.17, 15) is 0 Å². The third-order valence-electron chi connectivity index (χ3n) is 2.04. The van der Waals surface area contributed by atoms with Crippen molar-refractivity contribution >= 4 is 15.9 Å². The molecule has 1 unspecified atom stereocenters. The van der Waals surface area contributed by atoms with E-state index in [1.807, 2.05) is 4.68 Å². The lowest BCUT2D eigenvalue weighted by Crippen LogP contribution is -2.24. The lowest BCUT2D eigenvalue weighted by atomic mass is 10.3. The predicted molar refractivity (Wildman–Crippen MR) is 53.0 cm³/mol. The van der Waals surface area contributed by atoms with Crippen LogP contribution in [0.25, 0.3) is 0 Å². The molecule has 2 heterocycles. The van der Waals surface area contributed by atoms with E-state index >= 15 is 0 Å². The van der Waals surface area contributed by atoms with E-state index in [2.05, 4.69) is 40.0 Å². The number of nitrogens with zero attached hydrogens (tertiary/aromatic N) is 3. The molecule has 0 N–H and O–H groups in total. The van der Waals surface area contributed by atoms with Crippen LogP contribution < -0.4 is 4.74 Å². The third-order valence-corrected chi connectivity index (χ3v) is 2.59. The largest absolute Gasteiger partial charge is 0.475 e. The molecule has 13 heavy (non-hydrogen) atoms. The highest BCUT2D eigenvalue weighted by molar-refractivity contribution is 9.10. The van der Waals surface area contributed by atoms with Gasteiger partial charge in [-0.3, -0.25) is 0 Å². The predicted octanol–water partition coefficient (Wildman–Crippen LogP) is 1.14. The van der Waals surface area contributed by atoms with Gasteiger partial charge in [0.05, 0.1) is 10.7 Å². The Balaban J connectivity index is 2.19. The van der Waals surface area contributed by atoms with E-state index in [4.69, 9.17) is 4.74 Å². The zero-order valence-corrected chi connectivity index (χ0v) is 9.28. The molecule has 0 saturated carbocycles. The molecule has 0 fully saturated rings. The molecule has 0 amide bonds. The molecule has 5 heteroatoms. The van der Waals surface area contributed by atoms with E-state index in [1.165, 1.54) is 0 Å². The molecule has 4 nitrogen and oxygen atoms in total. The van der Waals surface area contributed by atoms with Gasteiger partial charge < -0.3 is 9.64 Å². The van der Waals surface area contributed by atoms with Gasteiger partial charge in [-0.25, -0.2) is 4.68 Å². The van der Waals surface area contributed by atoms with Gasteiger partial charge in [-0.1, -0.05) is 0 Å². The van der Waals surface area contributed by atoms with Crippen molar-refractivity contribution in [3.63, 3.8) is 0 Å². The van der Waals surface area contributed by atoms with Crippen molar-refractivity contribution in [3.05, 3.63) is 10.7 Å². The van der Waals surface area contributed by atoms with Gasteiger partial charge >= 0.3 is 0 Å². The molecular formula is C8H12BrN3O. The zero-order valence-electron chi connectivity index (χ0n) is 7.70. The summed E-state index contributed by atoms with van der Waals surface area (Å²) in [7, 11) is 4.10. The Hall–Kier alpha value is -0.550. The minimum absolute atomic E-state index is 0.344. The molecule has 0 aliphatic carbocycles. The number of ether oxygens (including phenoxy) is 1. The van der Waals surface area contributed by atoms with Crippen LogP contribution in [-0.4, -0.2) is 41.9 Å². The first-order valence-electron chi connectivity index (χ1n) is 4.19. The fourth-order valence-electron chi connectivity index (χ4n) is 1.52. The van der Waals surface area contributed by atoms with E-state index in [-0.39, 0.29) is 0 Å². The van der Waals surface area contributed by atoms with Gasteiger partial charge in [0.15, 0.2) is 0 Å². The monoisotopic (exact) mass is 245 g/mol. The first-order chi connectivity index (χ1) is 6.18. The number of likely N-dealkylation sites (N-methyl/N-ethyl adjacent to an activating group) is 1. The van der Waals surface area contributed by atoms with Crippen LogP contribution in [0.5, 0.6) is 5.88 Å². The summed E-state index contributed by atoms with van der Waals surface area (Å²) in [4.78, 5) is 2.14. The first kappa shape index (κ1) is 9.02. The summed E-state index contributed by atoms with van der Waals surface area (Å²) in [5.41, 5.74) is 0. The van der Waals surface area contributed by atoms with Crippen LogP contribution in [0.1, 0.15) is 6.04 Å². The van der Waals surface area contributed by atoms with Crippen molar-refractivity contribution in [2.75, 3.05) is 27.2 Å². The van der Waals surface area contributed by atoms with Gasteiger partial charge in [0.25, 0.3) is 0 Å². The fourth-order valence-corrected chi connectivity index (χ4v) is 1.91. The third kappa shape index (κ3) is 1.58. The Labute approximate surface area is 85.6 Å². The molecule has 1 aliphatic heterocycles. The second-order valence-corrected chi connectivity index (χ2v) is 4.32. The maximum atomic E-state index is 5.51. The zero-order chi connectivity index (χ0) is 9.42. The summed E-state index contributed by atoms with van der Waals surface area (Å²) in [6, 6.07) is 0.344. The van der Waals surface area contributed by atoms with Crippen molar-refractivity contribution in [2.45, 2.75) is 6.04 Å². The number of rotatable bonds is 2. The Morgan fingerprint density at radius 1 is 1.77 bits per heavy atom. The van der Waals surface area contributed by atoms with Crippen LogP contribution >= 0.6 is 15.9 Å². The minimum atomic E-state index is 0.344. The molecule has 2 rings (SSSR count). The highest BCUT2D eigenvalue weighted by Crippen LogP contribution is 2.32. The summed E-state index contributed by atoms with van der Waals surface area (Å²) in [6.45, 7) is 1.68. The van der Waals surface area contributed by atoms with E-state index < -0.39 is 0 Å². The topological polar surface area (TPSA) is 30.3 Å². The highest BCUT2D eigenvalue weighted by Gasteiger charge is 2.26. The molecule has 1 atom stereocenters. The van der Waals surface area contributed by atoms with Gasteiger partial charge in [0.2, 0.25) is 5.88 Å². The average Bonchev–Trinajstić information content (AvgIpc) is 2.56. The van der Waals surface area contributed by atoms with Gasteiger partial charge in [-0.05, 0) is 30.0 Å². The summed E-state index contributed by atoms with van der Waals surface area (Å²) in [5.74, 6) is 0.854. The molecule has 1 aromatic heterocycles. The van der Waals surface area contributed by atoms with Crippen molar-refractivity contribution < 1.29 is 4.74 Å². The Kier molecular flexibility index (Phi) is 2.29. The molecular weight excluding hydrogens is 234 g/mol. The summed E-state index contributed by atoms with van der Waals surface area (Å²) in [5, 5.41) is 4.25. The molecule has 0 saturated heterocycles. The second-order valence-electron chi connectivity index (χ2n) is 3.47. The molecule has 1 aromatic rings. The van der Waals surface area contributed by atoms with Crippen molar-refractivity contribution in [2.24, 2.45) is 0 Å². The number of aromatic nitrogens is 2. The van der Waals surface area contributed by atoms with E-state index in [0.717, 1.165) is 23.5 Å². The summed E-state index contributed by atoms with van der Waals surface area (Å²) >= 11 is 3.39. The molecule has 0 bridgehead atoms. The van der Waals surface area contributed by atoms with Gasteiger partial charge in [-0.2, -0.15) is 5.10 Å². The molecule has 0 spiro atoms. The first-order valence-corrected chi connectivity index (χ1v) is 4.98. The summed E-state index contributed by atoms with van der Waals surface area (Å²) in [6.07, 6.45) is 1.77. The lowest BCUT2D eigenvalue weighted by Gasteiger charge is -2.14. The maximum Gasteiger partial charge on any atom is 0.227 e. The van der Waals surface area contributed by atoms with E-state index in [0.29, 0.717) is 6.04 Å². The second kappa shape index (κ2) is 3.31. The highest BCUT2D eigenvalue weighted by atomic mass is 79.9. The lowest BCUT2D eigenvalue weighted by molar-refractivity contribution is 0.272. The number of hydrogen-bond donors (Lipinski definition) is 0. The average molecular weight is 246 g/mol. The maximum absolute atomic E-state index is 5.51. The fraction of sp³-hybridized carbons (Fsp3) is 0.625. The van der Waals surface area contributed by atoms with Crippen LogP contribution in [-0.2, 0) is 0 Å². The summed E-state index contributed by atoms with van der Waals surface area (Å²) < 4.78 is 8.38. The van der Waals surface area contributed by atoms with Crippen molar-refractivity contribution in [1.29, 1.82) is 0 Å². The Bertz CT molecular complexity index is 310. The van der Waals surface area contributed by atoms with Gasteiger partial charge in [-0.15, -0.1) is 0 Å². The van der Waals surface area contributed by atoms with Crippen LogP contribution in [0.3, 0.4) is 0 Å². The van der Waals surface area contributed by atoms with Crippen molar-refractivity contribution in [3.8, 4) is 5.88 Å². The Morgan fingerprint density at radius 2 is 2.54 bits per heavy atom. The van der Waals surface area contributed by atoms with Gasteiger partial charge in [0, 0.05) is 6.54 Å². The normalized spacial score (nSPS) is 20.5. The van der Waals surface area contributed by atoms with E-state index in [1.54, 1.807) is 6.20 Å². The smallest absolute Gasteiger partial charge is 0.227 e. The SMILES string of the molecule is CN(C)CC1COc2c(Br)cnn21. The quantitative estimate of drug-likeness (QED) is 0.783. The Morgan fingerprint density at radius 3 is 3.23 bits per heavy atom. The van der Waals surface area contributed by atoms with Crippen LogP contribution in [0.15, 0.2) is 10.7 Å². The van der Waals surface area contributed by atoms with Crippen LogP contribution in [0, 0.1) is 0 Å². The number of halogens is 1. The van der Waals surface area contributed by atoms with Gasteiger partial charge in [0.1, 0.15) is 12.6 Å². The van der Waals surface area contributed by atoms with Crippen LogP contribution in [0.2, 0.25) is 0 Å². The minimum Gasteiger partial charge on any atom is -0.475 e. The standard InChI is InChI=1S/C8H12BrN3O/c1-11(2)4-6-5-13-8-7(9)3-10-12(6)8/h3,6H,4-5H2,1-2H3. The molecule has 0 radical (unpaired) electrons. The molecule has 0 aromatic carbocycles.